The number of anilines is 1. The van der Waals surface area contributed by atoms with Crippen LogP contribution in [0.3, 0.4) is 0 Å². The molecule has 1 aliphatic heterocycles. The molecule has 6 nitrogen and oxygen atoms in total. The van der Waals surface area contributed by atoms with Crippen LogP contribution in [0.5, 0.6) is 0 Å². The van der Waals surface area contributed by atoms with Gasteiger partial charge in [-0.05, 0) is 38.7 Å². The van der Waals surface area contributed by atoms with E-state index >= 15 is 0 Å². The molecule has 0 saturated carbocycles. The highest BCUT2D eigenvalue weighted by atomic mass is 16.3. The van der Waals surface area contributed by atoms with Crippen LogP contribution in [0.25, 0.3) is 0 Å². The fourth-order valence-electron chi connectivity index (χ4n) is 3.29. The van der Waals surface area contributed by atoms with Gasteiger partial charge in [0.2, 0.25) is 0 Å². The van der Waals surface area contributed by atoms with Gasteiger partial charge < -0.3 is 10.0 Å². The summed E-state index contributed by atoms with van der Waals surface area (Å²) < 4.78 is 1.82. The monoisotopic (exact) mass is 342 g/mol. The van der Waals surface area contributed by atoms with Crippen LogP contribution in [0.4, 0.5) is 10.6 Å². The minimum atomic E-state index is -0.556. The smallest absolute Gasteiger partial charge is 0.323 e. The second-order valence-electron chi connectivity index (χ2n) is 6.86. The van der Waals surface area contributed by atoms with E-state index in [1.54, 1.807) is 0 Å². The number of aliphatic hydroxyl groups is 1. The highest BCUT2D eigenvalue weighted by Crippen LogP contribution is 2.27. The summed E-state index contributed by atoms with van der Waals surface area (Å²) in [6.07, 6.45) is 3.73. The summed E-state index contributed by atoms with van der Waals surface area (Å²) in [5.41, 5.74) is 0.894. The Kier molecular flexibility index (Phi) is 5.38. The van der Waals surface area contributed by atoms with Crippen LogP contribution in [-0.2, 0) is 0 Å². The third-order valence-electron chi connectivity index (χ3n) is 4.69. The van der Waals surface area contributed by atoms with Crippen LogP contribution in [0, 0.1) is 0 Å². The summed E-state index contributed by atoms with van der Waals surface area (Å²) in [6.45, 7) is 4.79. The lowest BCUT2D eigenvalue weighted by Crippen LogP contribution is -2.39. The number of urea groups is 1. The van der Waals surface area contributed by atoms with E-state index in [0.717, 1.165) is 18.4 Å². The molecule has 0 spiro atoms. The molecule has 1 aliphatic rings. The van der Waals surface area contributed by atoms with E-state index in [1.165, 1.54) is 0 Å². The topological polar surface area (TPSA) is 70.4 Å². The number of hydrogen-bond acceptors (Lipinski definition) is 3. The number of carbonyl (C=O) groups excluding carboxylic acids is 1. The van der Waals surface area contributed by atoms with E-state index in [9.17, 15) is 9.90 Å². The van der Waals surface area contributed by atoms with Crippen molar-refractivity contribution in [1.82, 2.24) is 14.7 Å². The maximum absolute atomic E-state index is 12.6. The van der Waals surface area contributed by atoms with Gasteiger partial charge in [0.1, 0.15) is 0 Å². The summed E-state index contributed by atoms with van der Waals surface area (Å²) in [5, 5.41) is 17.7. The van der Waals surface area contributed by atoms with Crippen molar-refractivity contribution in [3.63, 3.8) is 0 Å². The standard InChI is InChI=1S/C19H26N4O2/c1-14(2)23-12-10-18(21-23)20-19(25)22-11-6-9-16(22)13-17(24)15-7-4-3-5-8-15/h3-5,7-8,10,12,14,16-17,24H,6,9,11,13H2,1-2H3,(H,20,21,25). The van der Waals surface area contributed by atoms with Gasteiger partial charge in [0.05, 0.1) is 6.10 Å². The molecular weight excluding hydrogens is 316 g/mol. The summed E-state index contributed by atoms with van der Waals surface area (Å²) in [7, 11) is 0. The Morgan fingerprint density at radius 2 is 2.08 bits per heavy atom. The van der Waals surface area contributed by atoms with E-state index in [4.69, 9.17) is 0 Å². The van der Waals surface area contributed by atoms with Gasteiger partial charge in [0, 0.05) is 30.9 Å². The number of nitrogens with one attached hydrogen (secondary N) is 1. The van der Waals surface area contributed by atoms with E-state index in [1.807, 2.05) is 66.0 Å². The van der Waals surface area contributed by atoms with E-state index in [-0.39, 0.29) is 18.1 Å². The minimum Gasteiger partial charge on any atom is -0.388 e. The number of aliphatic hydroxyl groups excluding tert-OH is 1. The first kappa shape index (κ1) is 17.5. The van der Waals surface area contributed by atoms with Gasteiger partial charge in [-0.3, -0.25) is 10.00 Å². The van der Waals surface area contributed by atoms with Crippen LogP contribution >= 0.6 is 0 Å². The Labute approximate surface area is 148 Å². The highest BCUT2D eigenvalue weighted by Gasteiger charge is 2.31. The third kappa shape index (κ3) is 4.20. The molecular formula is C19H26N4O2. The molecule has 0 aliphatic carbocycles. The number of nitrogens with zero attached hydrogens (tertiary/aromatic N) is 3. The first-order valence-electron chi connectivity index (χ1n) is 8.90. The van der Waals surface area contributed by atoms with E-state index in [2.05, 4.69) is 10.4 Å². The van der Waals surface area contributed by atoms with Gasteiger partial charge >= 0.3 is 6.03 Å². The van der Waals surface area contributed by atoms with E-state index in [0.29, 0.717) is 18.8 Å². The fraction of sp³-hybridized carbons (Fsp3) is 0.474. The average molecular weight is 342 g/mol. The van der Waals surface area contributed by atoms with Crippen LogP contribution < -0.4 is 5.32 Å². The zero-order chi connectivity index (χ0) is 17.8. The molecule has 1 fully saturated rings. The zero-order valence-electron chi connectivity index (χ0n) is 14.8. The average Bonchev–Trinajstić information content (AvgIpc) is 3.25. The molecule has 0 radical (unpaired) electrons. The molecule has 2 atom stereocenters. The number of likely N-dealkylation sites (tertiary alicyclic amines) is 1. The molecule has 0 bridgehead atoms. The van der Waals surface area contributed by atoms with Crippen molar-refractivity contribution < 1.29 is 9.90 Å². The number of amides is 2. The van der Waals surface area contributed by atoms with Crippen molar-refractivity contribution in [2.75, 3.05) is 11.9 Å². The quantitative estimate of drug-likeness (QED) is 0.872. The Bertz CT molecular complexity index is 698. The first-order chi connectivity index (χ1) is 12.0. The second-order valence-corrected chi connectivity index (χ2v) is 6.86. The number of aromatic nitrogens is 2. The molecule has 25 heavy (non-hydrogen) atoms. The summed E-state index contributed by atoms with van der Waals surface area (Å²) >= 11 is 0. The molecule has 6 heteroatoms. The molecule has 2 aromatic rings. The molecule has 3 rings (SSSR count). The number of carbonyl (C=O) groups is 1. The lowest BCUT2D eigenvalue weighted by molar-refractivity contribution is 0.129. The van der Waals surface area contributed by atoms with Gasteiger partial charge in [-0.25, -0.2) is 4.79 Å². The molecule has 1 saturated heterocycles. The SMILES string of the molecule is CC(C)n1ccc(NC(=O)N2CCCC2CC(O)c2ccccc2)n1. The Morgan fingerprint density at radius 3 is 2.76 bits per heavy atom. The summed E-state index contributed by atoms with van der Waals surface area (Å²) in [5.74, 6) is 0.563. The van der Waals surface area contributed by atoms with E-state index < -0.39 is 6.10 Å². The maximum atomic E-state index is 12.6. The lowest BCUT2D eigenvalue weighted by Gasteiger charge is -2.26. The van der Waals surface area contributed by atoms with Crippen molar-refractivity contribution in [1.29, 1.82) is 0 Å². The Morgan fingerprint density at radius 1 is 1.32 bits per heavy atom. The van der Waals surface area contributed by atoms with Crippen LogP contribution in [0.15, 0.2) is 42.6 Å². The molecule has 1 aromatic heterocycles. The fourth-order valence-corrected chi connectivity index (χ4v) is 3.29. The highest BCUT2D eigenvalue weighted by molar-refractivity contribution is 5.88. The summed E-state index contributed by atoms with van der Waals surface area (Å²) in [4.78, 5) is 14.4. The normalized spacial score (nSPS) is 18.6. The third-order valence-corrected chi connectivity index (χ3v) is 4.69. The lowest BCUT2D eigenvalue weighted by atomic mass is 10.0. The number of rotatable bonds is 5. The minimum absolute atomic E-state index is 0.0439. The van der Waals surface area contributed by atoms with Gasteiger partial charge in [0.25, 0.3) is 0 Å². The van der Waals surface area contributed by atoms with Crippen molar-refractivity contribution in [3.05, 3.63) is 48.2 Å². The van der Waals surface area contributed by atoms with Gasteiger partial charge in [-0.2, -0.15) is 5.10 Å². The molecule has 2 heterocycles. The predicted octanol–water partition coefficient (Wildman–Crippen LogP) is 3.58. The molecule has 2 N–H and O–H groups in total. The van der Waals surface area contributed by atoms with Gasteiger partial charge in [-0.1, -0.05) is 30.3 Å². The van der Waals surface area contributed by atoms with Crippen LogP contribution in [-0.4, -0.2) is 38.4 Å². The van der Waals surface area contributed by atoms with Crippen molar-refractivity contribution in [2.24, 2.45) is 0 Å². The first-order valence-corrected chi connectivity index (χ1v) is 8.90. The second kappa shape index (κ2) is 7.70. The predicted molar refractivity (Wildman–Crippen MR) is 97.4 cm³/mol. The summed E-state index contributed by atoms with van der Waals surface area (Å²) in [6, 6.07) is 11.6. The van der Waals surface area contributed by atoms with Crippen LogP contribution in [0.1, 0.15) is 50.8 Å². The number of hydrogen-bond donors (Lipinski definition) is 2. The molecule has 2 unspecified atom stereocenters. The zero-order valence-corrected chi connectivity index (χ0v) is 14.8. The molecule has 2 amide bonds. The Balaban J connectivity index is 1.61. The number of benzene rings is 1. The molecule has 134 valence electrons. The van der Waals surface area contributed by atoms with Crippen LogP contribution in [0.2, 0.25) is 0 Å². The van der Waals surface area contributed by atoms with Gasteiger partial charge in [0.15, 0.2) is 5.82 Å². The Hall–Kier alpha value is -2.34. The molecule has 1 aromatic carbocycles. The van der Waals surface area contributed by atoms with Crippen molar-refractivity contribution in [2.45, 2.75) is 51.3 Å². The van der Waals surface area contributed by atoms with Crippen molar-refractivity contribution in [3.8, 4) is 0 Å². The van der Waals surface area contributed by atoms with Gasteiger partial charge in [-0.15, -0.1) is 0 Å². The maximum Gasteiger partial charge on any atom is 0.323 e. The largest absolute Gasteiger partial charge is 0.388 e. The van der Waals surface area contributed by atoms with Crippen molar-refractivity contribution >= 4 is 11.8 Å².